The Morgan fingerprint density at radius 3 is 2.72 bits per heavy atom. The van der Waals surface area contributed by atoms with Crippen molar-refractivity contribution in [2.75, 3.05) is 19.8 Å². The third-order valence-corrected chi connectivity index (χ3v) is 4.56. The molecule has 1 aromatic heterocycles. The van der Waals surface area contributed by atoms with Crippen LogP contribution in [0.15, 0.2) is 9.42 Å². The van der Waals surface area contributed by atoms with E-state index < -0.39 is 15.6 Å². The average molecular weight is 276 g/mol. The van der Waals surface area contributed by atoms with Crippen LogP contribution in [0.3, 0.4) is 0 Å². The summed E-state index contributed by atoms with van der Waals surface area (Å²) in [4.78, 5) is 0.0324. The number of hydrogen-bond donors (Lipinski definition) is 2. The van der Waals surface area contributed by atoms with Crippen molar-refractivity contribution < 1.29 is 22.8 Å². The fraction of sp³-hybridized carbons (Fsp3) is 0.700. The van der Waals surface area contributed by atoms with Crippen LogP contribution in [-0.2, 0) is 14.8 Å². The molecule has 0 amide bonds. The summed E-state index contributed by atoms with van der Waals surface area (Å²) in [6.07, 6.45) is 0.414. The highest BCUT2D eigenvalue weighted by molar-refractivity contribution is 7.89. The number of rotatable bonds is 4. The van der Waals surface area contributed by atoms with E-state index in [2.05, 4.69) is 9.88 Å². The summed E-state index contributed by atoms with van der Waals surface area (Å²) < 4.78 is 36.4. The largest absolute Gasteiger partial charge is 0.386 e. The van der Waals surface area contributed by atoms with Gasteiger partial charge in [0.1, 0.15) is 16.2 Å². The fourth-order valence-electron chi connectivity index (χ4n) is 1.90. The Bertz CT molecular complexity index is 511. The molecule has 1 aromatic rings. The molecule has 8 heteroatoms. The lowest BCUT2D eigenvalue weighted by molar-refractivity contribution is 0.0314. The summed E-state index contributed by atoms with van der Waals surface area (Å²) in [6.45, 7) is 3.57. The molecule has 0 spiro atoms. The number of aryl methyl sites for hydroxylation is 2. The number of aliphatic hydroxyl groups is 1. The topological polar surface area (TPSA) is 102 Å². The molecule has 0 bridgehead atoms. The molecule has 1 aliphatic rings. The van der Waals surface area contributed by atoms with Gasteiger partial charge in [-0.05, 0) is 13.8 Å². The monoisotopic (exact) mass is 276 g/mol. The Morgan fingerprint density at radius 2 is 2.22 bits per heavy atom. The van der Waals surface area contributed by atoms with Gasteiger partial charge in [-0.2, -0.15) is 0 Å². The number of hydrogen-bond acceptors (Lipinski definition) is 6. The van der Waals surface area contributed by atoms with Gasteiger partial charge in [-0.1, -0.05) is 5.16 Å². The van der Waals surface area contributed by atoms with Gasteiger partial charge in [0.15, 0.2) is 5.76 Å². The lowest BCUT2D eigenvalue weighted by Crippen LogP contribution is -2.43. The van der Waals surface area contributed by atoms with Gasteiger partial charge in [-0.3, -0.25) is 0 Å². The first kappa shape index (κ1) is 13.5. The van der Waals surface area contributed by atoms with Crippen molar-refractivity contribution in [3.05, 3.63) is 11.5 Å². The first-order valence-corrected chi connectivity index (χ1v) is 7.05. The molecule has 0 aliphatic carbocycles. The van der Waals surface area contributed by atoms with Crippen LogP contribution in [0.25, 0.3) is 0 Å². The van der Waals surface area contributed by atoms with E-state index in [1.54, 1.807) is 6.92 Å². The Morgan fingerprint density at radius 1 is 1.50 bits per heavy atom. The highest BCUT2D eigenvalue weighted by atomic mass is 32.2. The summed E-state index contributed by atoms with van der Waals surface area (Å²) in [7, 11) is -3.73. The van der Waals surface area contributed by atoms with Gasteiger partial charge in [0, 0.05) is 19.6 Å². The summed E-state index contributed by atoms with van der Waals surface area (Å²) in [6, 6.07) is 0. The molecule has 1 saturated heterocycles. The summed E-state index contributed by atoms with van der Waals surface area (Å²) in [5.41, 5.74) is -0.832. The summed E-state index contributed by atoms with van der Waals surface area (Å²) in [5.74, 6) is 0.231. The average Bonchev–Trinajstić information content (AvgIpc) is 2.85. The van der Waals surface area contributed by atoms with Crippen molar-refractivity contribution in [2.45, 2.75) is 30.8 Å². The maximum Gasteiger partial charge on any atom is 0.246 e. The molecule has 7 nitrogen and oxygen atoms in total. The van der Waals surface area contributed by atoms with Gasteiger partial charge < -0.3 is 14.4 Å². The van der Waals surface area contributed by atoms with Crippen LogP contribution >= 0.6 is 0 Å². The third kappa shape index (κ3) is 2.56. The van der Waals surface area contributed by atoms with Gasteiger partial charge in [-0.25, -0.2) is 13.1 Å². The van der Waals surface area contributed by atoms with Gasteiger partial charge in [0.05, 0.1) is 6.61 Å². The molecule has 1 aliphatic heterocycles. The lowest BCUT2D eigenvalue weighted by atomic mass is 10.1. The minimum absolute atomic E-state index is 0.0324. The van der Waals surface area contributed by atoms with Crippen LogP contribution in [0.5, 0.6) is 0 Å². The molecule has 18 heavy (non-hydrogen) atoms. The smallest absolute Gasteiger partial charge is 0.246 e. The van der Waals surface area contributed by atoms with E-state index in [0.29, 0.717) is 18.7 Å². The molecule has 0 saturated carbocycles. The SMILES string of the molecule is Cc1noc(C)c1S(=O)(=O)NC[C@@]1(O)CCOC1. The normalized spacial score (nSPS) is 24.6. The highest BCUT2D eigenvalue weighted by Crippen LogP contribution is 2.21. The van der Waals surface area contributed by atoms with E-state index in [0.717, 1.165) is 0 Å². The second-order valence-corrected chi connectivity index (χ2v) is 6.21. The second-order valence-electron chi connectivity index (χ2n) is 4.50. The molecule has 2 N–H and O–H groups in total. The number of ether oxygens (including phenoxy) is 1. The Hall–Kier alpha value is -0.960. The minimum Gasteiger partial charge on any atom is -0.386 e. The molecular formula is C10H16N2O5S. The minimum atomic E-state index is -3.73. The molecule has 1 fully saturated rings. The van der Waals surface area contributed by atoms with Gasteiger partial charge in [0.25, 0.3) is 0 Å². The Labute approximate surface area is 105 Å². The zero-order valence-corrected chi connectivity index (χ0v) is 11.1. The van der Waals surface area contributed by atoms with Crippen LogP contribution in [-0.4, -0.2) is 44.0 Å². The van der Waals surface area contributed by atoms with E-state index in [1.807, 2.05) is 0 Å². The van der Waals surface area contributed by atoms with Crippen molar-refractivity contribution in [1.29, 1.82) is 0 Å². The standard InChI is InChI=1S/C10H16N2O5S/c1-7-9(8(2)17-12-7)18(14,15)11-5-10(13)3-4-16-6-10/h11,13H,3-6H2,1-2H3/t10-/m0/s1. The molecule has 0 radical (unpaired) electrons. The number of nitrogens with one attached hydrogen (secondary N) is 1. The van der Waals surface area contributed by atoms with E-state index >= 15 is 0 Å². The molecule has 2 rings (SSSR count). The fourth-order valence-corrected chi connectivity index (χ4v) is 3.34. The first-order valence-electron chi connectivity index (χ1n) is 5.57. The van der Waals surface area contributed by atoms with E-state index in [4.69, 9.17) is 9.26 Å². The zero-order valence-electron chi connectivity index (χ0n) is 10.3. The number of sulfonamides is 1. The van der Waals surface area contributed by atoms with Gasteiger partial charge in [0.2, 0.25) is 10.0 Å². The van der Waals surface area contributed by atoms with Crippen LogP contribution in [0.2, 0.25) is 0 Å². The quantitative estimate of drug-likeness (QED) is 0.784. The van der Waals surface area contributed by atoms with Gasteiger partial charge >= 0.3 is 0 Å². The highest BCUT2D eigenvalue weighted by Gasteiger charge is 2.34. The van der Waals surface area contributed by atoms with Crippen molar-refractivity contribution >= 4 is 10.0 Å². The molecule has 0 aromatic carbocycles. The maximum atomic E-state index is 12.1. The predicted molar refractivity (Wildman–Crippen MR) is 61.6 cm³/mol. The number of nitrogens with zero attached hydrogens (tertiary/aromatic N) is 1. The zero-order chi connectivity index (χ0) is 13.4. The molecule has 0 unspecified atom stereocenters. The second kappa shape index (κ2) is 4.61. The van der Waals surface area contributed by atoms with Crippen molar-refractivity contribution in [1.82, 2.24) is 9.88 Å². The molecule has 1 atom stereocenters. The lowest BCUT2D eigenvalue weighted by Gasteiger charge is -2.20. The number of aromatic nitrogens is 1. The van der Waals surface area contributed by atoms with Crippen LogP contribution in [0.1, 0.15) is 17.9 Å². The summed E-state index contributed by atoms with van der Waals surface area (Å²) >= 11 is 0. The van der Waals surface area contributed by atoms with E-state index in [-0.39, 0.29) is 23.8 Å². The maximum absolute atomic E-state index is 12.1. The van der Waals surface area contributed by atoms with E-state index in [9.17, 15) is 13.5 Å². The molecule has 2 heterocycles. The molecule has 102 valence electrons. The van der Waals surface area contributed by atoms with Gasteiger partial charge in [-0.15, -0.1) is 0 Å². The van der Waals surface area contributed by atoms with Crippen molar-refractivity contribution in [2.24, 2.45) is 0 Å². The summed E-state index contributed by atoms with van der Waals surface area (Å²) in [5, 5.41) is 13.6. The van der Waals surface area contributed by atoms with Crippen LogP contribution < -0.4 is 4.72 Å². The van der Waals surface area contributed by atoms with E-state index in [1.165, 1.54) is 6.92 Å². The Kier molecular flexibility index (Phi) is 3.45. The first-order chi connectivity index (χ1) is 8.34. The van der Waals surface area contributed by atoms with Crippen LogP contribution in [0, 0.1) is 13.8 Å². The Balaban J connectivity index is 2.13. The van der Waals surface area contributed by atoms with Crippen molar-refractivity contribution in [3.63, 3.8) is 0 Å². The molecular weight excluding hydrogens is 260 g/mol. The van der Waals surface area contributed by atoms with Crippen molar-refractivity contribution in [3.8, 4) is 0 Å². The third-order valence-electron chi connectivity index (χ3n) is 2.91. The predicted octanol–water partition coefficient (Wildman–Crippen LogP) is -0.279. The van der Waals surface area contributed by atoms with Crippen LogP contribution in [0.4, 0.5) is 0 Å².